The number of rotatable bonds is 23. The van der Waals surface area contributed by atoms with Gasteiger partial charge in [-0.25, -0.2) is 0 Å². The molecule has 0 bridgehead atoms. The Kier molecular flexibility index (Phi) is 45.6. The molecule has 0 aliphatic rings. The fourth-order valence-electron chi connectivity index (χ4n) is 3.17. The van der Waals surface area contributed by atoms with E-state index in [0.29, 0.717) is 19.5 Å². The zero-order valence-corrected chi connectivity index (χ0v) is 26.4. The first-order chi connectivity index (χ1) is 18.5. The number of carbonyl (C=O) groups is 1. The van der Waals surface area contributed by atoms with Gasteiger partial charge in [0, 0.05) is 33.1 Å². The summed E-state index contributed by atoms with van der Waals surface area (Å²) in [5, 5.41) is 29.2. The number of aliphatic hydroxyl groups excluding tert-OH is 2. The van der Waals surface area contributed by atoms with Gasteiger partial charge in [-0.3, -0.25) is 9.35 Å². The number of aliphatic hydroxyl groups is 2. The second-order valence-corrected chi connectivity index (χ2v) is 11.4. The van der Waals surface area contributed by atoms with E-state index >= 15 is 0 Å². The van der Waals surface area contributed by atoms with Gasteiger partial charge in [0.05, 0.1) is 18.5 Å². The number of nitrogens with one attached hydrogen (secondary N) is 2. The van der Waals surface area contributed by atoms with E-state index in [-0.39, 0.29) is 13.2 Å². The number of carboxylic acids is 1. The van der Waals surface area contributed by atoms with Crippen LogP contribution in [0.5, 0.6) is 0 Å². The number of carboxylic acid groups (broad SMARTS) is 1. The summed E-state index contributed by atoms with van der Waals surface area (Å²) in [6.07, 6.45) is 20.5. The molecule has 0 aliphatic carbocycles. The zero-order chi connectivity index (χ0) is 30.6. The van der Waals surface area contributed by atoms with Gasteiger partial charge in [-0.05, 0) is 26.3 Å². The van der Waals surface area contributed by atoms with Gasteiger partial charge in [0.1, 0.15) is 0 Å². The summed E-state index contributed by atoms with van der Waals surface area (Å²) in [6, 6.07) is 0. The van der Waals surface area contributed by atoms with Gasteiger partial charge in [-0.1, -0.05) is 97.3 Å². The van der Waals surface area contributed by atoms with Crippen molar-refractivity contribution in [3.8, 4) is 0 Å². The highest BCUT2D eigenvalue weighted by atomic mass is 32.2. The number of hydrogen-bond acceptors (Lipinski definition) is 8. The molecule has 0 fully saturated rings. The molecule has 8 N–H and O–H groups in total. The van der Waals surface area contributed by atoms with Crippen LogP contribution in [0, 0.1) is 0 Å². The van der Waals surface area contributed by atoms with Crippen molar-refractivity contribution in [3.63, 3.8) is 0 Å². The zero-order valence-electron chi connectivity index (χ0n) is 25.6. The van der Waals surface area contributed by atoms with Crippen LogP contribution >= 0.6 is 0 Å². The lowest BCUT2D eigenvalue weighted by atomic mass is 10.0. The molecule has 0 aromatic rings. The van der Waals surface area contributed by atoms with Crippen molar-refractivity contribution >= 4 is 16.1 Å². The van der Waals surface area contributed by atoms with Crippen molar-refractivity contribution in [1.29, 1.82) is 0 Å². The van der Waals surface area contributed by atoms with Crippen molar-refractivity contribution < 1.29 is 33.1 Å². The van der Waals surface area contributed by atoms with Crippen LogP contribution in [0.1, 0.15) is 124 Å². The van der Waals surface area contributed by atoms with Crippen LogP contribution in [0.25, 0.3) is 0 Å². The Morgan fingerprint density at radius 1 is 0.718 bits per heavy atom. The molecular weight excluding hydrogens is 522 g/mol. The Morgan fingerprint density at radius 2 is 1.05 bits per heavy atom. The Bertz CT molecular complexity index is 527. The third-order valence-corrected chi connectivity index (χ3v) is 7.04. The minimum atomic E-state index is -3.75. The van der Waals surface area contributed by atoms with E-state index < -0.39 is 21.3 Å². The number of unbranched alkanes of at least 4 members (excludes halogenated alkanes) is 13. The molecule has 39 heavy (non-hydrogen) atoms. The first-order valence-electron chi connectivity index (χ1n) is 15.0. The van der Waals surface area contributed by atoms with Crippen LogP contribution in [0.3, 0.4) is 0 Å². The highest BCUT2D eigenvalue weighted by Gasteiger charge is 2.13. The quantitative estimate of drug-likeness (QED) is 0.0670. The molecule has 10 nitrogen and oxygen atoms in total. The summed E-state index contributed by atoms with van der Waals surface area (Å²) >= 11 is 0. The third kappa shape index (κ3) is 57.9. The van der Waals surface area contributed by atoms with E-state index in [9.17, 15) is 8.42 Å². The number of aliphatic carboxylic acids is 1. The van der Waals surface area contributed by atoms with E-state index in [0.717, 1.165) is 26.6 Å². The first-order valence-corrected chi connectivity index (χ1v) is 16.5. The summed E-state index contributed by atoms with van der Waals surface area (Å²) in [5.41, 5.74) is 5.43. The molecule has 1 atom stereocenters. The standard InChI is InChI=1S/C18H40N2.C4H11NO2.C4H10O3S.C2H4O2/c1-2-3-4-5-6-7-8-9-10-11-12-13-14-15-17-20-18-16-19;6-3-1-5-2-4-7;1-3-4(2)8(5,6)7;1-2(3)4/h20H,2-19H2,1H3;5-7H,1-4H2;4H,3H2,1-2H3,(H,5,6,7);1H3,(H,3,4). The predicted molar refractivity (Wildman–Crippen MR) is 164 cm³/mol. The Hall–Kier alpha value is -0.820. The molecule has 1 unspecified atom stereocenters. The van der Waals surface area contributed by atoms with Gasteiger partial charge in [-0.15, -0.1) is 0 Å². The molecule has 0 amide bonds. The van der Waals surface area contributed by atoms with Crippen LogP contribution < -0.4 is 16.4 Å². The largest absolute Gasteiger partial charge is 0.481 e. The van der Waals surface area contributed by atoms with Gasteiger partial charge in [0.25, 0.3) is 16.1 Å². The van der Waals surface area contributed by atoms with Crippen LogP contribution in [-0.4, -0.2) is 85.4 Å². The average molecular weight is 588 g/mol. The lowest BCUT2D eigenvalue weighted by Crippen LogP contribution is -2.23. The van der Waals surface area contributed by atoms with E-state index in [1.165, 1.54) is 96.8 Å². The van der Waals surface area contributed by atoms with Crippen LogP contribution in [0.4, 0.5) is 0 Å². The molecule has 0 rings (SSSR count). The highest BCUT2D eigenvalue weighted by Crippen LogP contribution is 2.12. The van der Waals surface area contributed by atoms with E-state index in [1.54, 1.807) is 6.92 Å². The fraction of sp³-hybridized carbons (Fsp3) is 0.964. The Morgan fingerprint density at radius 3 is 1.31 bits per heavy atom. The summed E-state index contributed by atoms with van der Waals surface area (Å²) < 4.78 is 28.5. The van der Waals surface area contributed by atoms with Gasteiger partial charge < -0.3 is 31.7 Å². The number of hydrogen-bond donors (Lipinski definition) is 7. The van der Waals surface area contributed by atoms with Crippen molar-refractivity contribution in [2.24, 2.45) is 5.73 Å². The minimum Gasteiger partial charge on any atom is -0.481 e. The molecule has 0 heterocycles. The lowest BCUT2D eigenvalue weighted by Gasteiger charge is -2.04. The van der Waals surface area contributed by atoms with Gasteiger partial charge in [0.15, 0.2) is 0 Å². The van der Waals surface area contributed by atoms with E-state index in [1.807, 2.05) is 0 Å². The molecule has 0 radical (unpaired) electrons. The fourth-order valence-corrected chi connectivity index (χ4v) is 3.59. The SMILES string of the molecule is CC(=O)O.CCC(C)S(=O)(=O)O.CCCCCCCCCCCCCCCCNCCN.OCCNCCO. The van der Waals surface area contributed by atoms with Gasteiger partial charge >= 0.3 is 0 Å². The molecule has 0 aromatic carbocycles. The van der Waals surface area contributed by atoms with Crippen molar-refractivity contribution in [2.75, 3.05) is 45.9 Å². The average Bonchev–Trinajstić information content (AvgIpc) is 2.88. The maximum atomic E-state index is 10.1. The molecular formula is C28H65N3O7S. The second-order valence-electron chi connectivity index (χ2n) is 9.58. The normalized spacial score (nSPS) is 11.3. The van der Waals surface area contributed by atoms with E-state index in [4.69, 9.17) is 30.4 Å². The van der Waals surface area contributed by atoms with Gasteiger partial charge in [0.2, 0.25) is 0 Å². The van der Waals surface area contributed by atoms with Crippen LogP contribution in [-0.2, 0) is 14.9 Å². The molecule has 240 valence electrons. The van der Waals surface area contributed by atoms with Crippen molar-refractivity contribution in [1.82, 2.24) is 10.6 Å². The number of nitrogens with two attached hydrogens (primary N) is 1. The Balaban J connectivity index is -0.000000262. The third-order valence-electron chi connectivity index (χ3n) is 5.69. The summed E-state index contributed by atoms with van der Waals surface area (Å²) in [7, 11) is -3.75. The molecule has 11 heteroatoms. The van der Waals surface area contributed by atoms with Crippen molar-refractivity contribution in [3.05, 3.63) is 0 Å². The second kappa shape index (κ2) is 39.3. The van der Waals surface area contributed by atoms with Crippen LogP contribution in [0.2, 0.25) is 0 Å². The minimum absolute atomic E-state index is 0.139. The highest BCUT2D eigenvalue weighted by molar-refractivity contribution is 7.86. The Labute approximate surface area is 240 Å². The first kappa shape index (κ1) is 45.2. The molecule has 0 saturated carbocycles. The summed E-state index contributed by atoms with van der Waals surface area (Å²) in [6.45, 7) is 10.8. The monoisotopic (exact) mass is 587 g/mol. The molecule has 0 aromatic heterocycles. The molecule has 0 spiro atoms. The maximum Gasteiger partial charge on any atom is 0.300 e. The van der Waals surface area contributed by atoms with Crippen molar-refractivity contribution in [2.45, 2.75) is 129 Å². The predicted octanol–water partition coefficient (Wildman–Crippen LogP) is 4.34. The summed E-state index contributed by atoms with van der Waals surface area (Å²) in [4.78, 5) is 9.00. The van der Waals surface area contributed by atoms with E-state index in [2.05, 4.69) is 17.6 Å². The topological polar surface area (TPSA) is 182 Å². The lowest BCUT2D eigenvalue weighted by molar-refractivity contribution is -0.134. The maximum absolute atomic E-state index is 10.1. The van der Waals surface area contributed by atoms with Crippen LogP contribution in [0.15, 0.2) is 0 Å². The molecule has 0 aliphatic heterocycles. The molecule has 0 saturated heterocycles. The smallest absolute Gasteiger partial charge is 0.300 e. The van der Waals surface area contributed by atoms with Gasteiger partial charge in [-0.2, -0.15) is 8.42 Å². The summed E-state index contributed by atoms with van der Waals surface area (Å²) in [5.74, 6) is -0.833.